The molecule has 0 bridgehead atoms. The summed E-state index contributed by atoms with van der Waals surface area (Å²) in [6.45, 7) is 0. The van der Waals surface area contributed by atoms with Gasteiger partial charge in [0.25, 0.3) is 0 Å². The number of nitrogens with zero attached hydrogens (tertiary/aromatic N) is 2. The number of halogens is 1. The second kappa shape index (κ2) is 7.28. The number of amides is 1. The molecule has 2 aliphatic rings. The summed E-state index contributed by atoms with van der Waals surface area (Å²) < 4.78 is 25.6. The topological polar surface area (TPSA) is 81.1 Å². The van der Waals surface area contributed by atoms with Gasteiger partial charge >= 0.3 is 0 Å². The summed E-state index contributed by atoms with van der Waals surface area (Å²) in [5.41, 5.74) is 1.84. The Kier molecular flexibility index (Phi) is 4.99. The average molecular weight is 408 g/mol. The molecule has 27 heavy (non-hydrogen) atoms. The standard InChI is InChI=1S/C19H22ClN3O3S/c20-14-6-8-15(9-7-14)23-19(16-11-27(25,26)12-17(16)22-23)21-18(24)10-5-13-3-1-2-4-13/h6-9,13H,1-5,10-12H2,(H,21,24). The third-order valence-corrected chi connectivity index (χ3v) is 7.06. The van der Waals surface area contributed by atoms with Gasteiger partial charge in [0.2, 0.25) is 5.91 Å². The molecule has 1 N–H and O–H groups in total. The van der Waals surface area contributed by atoms with Crippen molar-refractivity contribution in [2.45, 2.75) is 50.0 Å². The lowest BCUT2D eigenvalue weighted by Gasteiger charge is -2.12. The number of hydrogen-bond acceptors (Lipinski definition) is 4. The van der Waals surface area contributed by atoms with E-state index in [2.05, 4.69) is 10.4 Å². The quantitative estimate of drug-likeness (QED) is 0.815. The van der Waals surface area contributed by atoms with Crippen LogP contribution in [0, 0.1) is 5.92 Å². The van der Waals surface area contributed by atoms with Crippen molar-refractivity contribution < 1.29 is 13.2 Å². The monoisotopic (exact) mass is 407 g/mol. The highest BCUT2D eigenvalue weighted by Crippen LogP contribution is 2.34. The Morgan fingerprint density at radius 3 is 2.59 bits per heavy atom. The lowest BCUT2D eigenvalue weighted by molar-refractivity contribution is -0.116. The molecular formula is C19H22ClN3O3S. The number of anilines is 1. The maximum atomic E-state index is 12.5. The summed E-state index contributed by atoms with van der Waals surface area (Å²) in [6, 6.07) is 7.08. The summed E-state index contributed by atoms with van der Waals surface area (Å²) in [5, 5.41) is 7.99. The Bertz CT molecular complexity index is 961. The van der Waals surface area contributed by atoms with Gasteiger partial charge < -0.3 is 5.32 Å². The Balaban J connectivity index is 1.59. The summed E-state index contributed by atoms with van der Waals surface area (Å²) in [5.74, 6) is 0.819. The van der Waals surface area contributed by atoms with Crippen LogP contribution in [0.1, 0.15) is 49.8 Å². The van der Waals surface area contributed by atoms with Crippen LogP contribution in [0.15, 0.2) is 24.3 Å². The number of hydrogen-bond donors (Lipinski definition) is 1. The van der Waals surface area contributed by atoms with Crippen molar-refractivity contribution in [1.29, 1.82) is 0 Å². The maximum Gasteiger partial charge on any atom is 0.225 e. The smallest absolute Gasteiger partial charge is 0.225 e. The maximum absolute atomic E-state index is 12.5. The second-order valence-electron chi connectivity index (χ2n) is 7.43. The minimum Gasteiger partial charge on any atom is -0.310 e. The van der Waals surface area contributed by atoms with E-state index < -0.39 is 9.84 Å². The van der Waals surface area contributed by atoms with Crippen LogP contribution in [-0.2, 0) is 26.1 Å². The molecule has 8 heteroatoms. The van der Waals surface area contributed by atoms with Crippen molar-refractivity contribution >= 4 is 33.2 Å². The summed E-state index contributed by atoms with van der Waals surface area (Å²) in [4.78, 5) is 12.5. The Morgan fingerprint density at radius 1 is 1.19 bits per heavy atom. The third-order valence-electron chi connectivity index (χ3n) is 5.37. The Labute approximate surface area is 163 Å². The lowest BCUT2D eigenvalue weighted by Crippen LogP contribution is -2.17. The molecule has 2 aromatic rings. The van der Waals surface area contributed by atoms with E-state index >= 15 is 0 Å². The largest absolute Gasteiger partial charge is 0.310 e. The number of carbonyl (C=O) groups excluding carboxylic acids is 1. The first-order valence-corrected chi connectivity index (χ1v) is 11.5. The number of carbonyl (C=O) groups is 1. The molecule has 0 unspecified atom stereocenters. The fourth-order valence-electron chi connectivity index (χ4n) is 3.97. The molecule has 1 aromatic heterocycles. The fourth-order valence-corrected chi connectivity index (χ4v) is 5.59. The molecule has 144 valence electrons. The zero-order chi connectivity index (χ0) is 19.0. The van der Waals surface area contributed by atoms with Crippen molar-refractivity contribution in [2.24, 2.45) is 5.92 Å². The first kappa shape index (κ1) is 18.5. The first-order valence-electron chi connectivity index (χ1n) is 9.28. The first-order chi connectivity index (χ1) is 12.9. The molecule has 1 saturated carbocycles. The normalized spacial score (nSPS) is 18.6. The minimum atomic E-state index is -3.20. The molecule has 6 nitrogen and oxygen atoms in total. The van der Waals surface area contributed by atoms with E-state index in [0.29, 0.717) is 34.4 Å². The van der Waals surface area contributed by atoms with Crippen LogP contribution in [-0.4, -0.2) is 24.1 Å². The van der Waals surface area contributed by atoms with Gasteiger partial charge in [-0.25, -0.2) is 13.1 Å². The SMILES string of the molecule is O=C(CCC1CCCC1)Nc1c2c(nn1-c1ccc(Cl)cc1)CS(=O)(=O)C2. The van der Waals surface area contributed by atoms with Gasteiger partial charge in [-0.05, 0) is 36.6 Å². The molecule has 1 aromatic carbocycles. The zero-order valence-electron chi connectivity index (χ0n) is 14.9. The van der Waals surface area contributed by atoms with E-state index in [0.717, 1.165) is 12.1 Å². The van der Waals surface area contributed by atoms with E-state index in [9.17, 15) is 13.2 Å². The van der Waals surface area contributed by atoms with Gasteiger partial charge in [0.15, 0.2) is 9.84 Å². The molecule has 1 aliphatic carbocycles. The molecule has 4 rings (SSSR count). The molecule has 1 aliphatic heterocycles. The van der Waals surface area contributed by atoms with Crippen LogP contribution in [0.2, 0.25) is 5.02 Å². The molecule has 0 saturated heterocycles. The number of sulfone groups is 1. The van der Waals surface area contributed by atoms with Crippen LogP contribution in [0.3, 0.4) is 0 Å². The number of aromatic nitrogens is 2. The molecular weight excluding hydrogens is 386 g/mol. The molecule has 1 fully saturated rings. The van der Waals surface area contributed by atoms with E-state index in [1.54, 1.807) is 28.9 Å². The molecule has 1 amide bonds. The Morgan fingerprint density at radius 2 is 1.89 bits per heavy atom. The van der Waals surface area contributed by atoms with Crippen LogP contribution in [0.5, 0.6) is 0 Å². The van der Waals surface area contributed by atoms with E-state index in [1.165, 1.54) is 25.7 Å². The molecule has 0 spiro atoms. The van der Waals surface area contributed by atoms with Gasteiger partial charge in [0.1, 0.15) is 5.82 Å². The highest BCUT2D eigenvalue weighted by molar-refractivity contribution is 7.90. The second-order valence-corrected chi connectivity index (χ2v) is 9.93. The highest BCUT2D eigenvalue weighted by Gasteiger charge is 2.33. The van der Waals surface area contributed by atoms with Crippen LogP contribution in [0.4, 0.5) is 5.82 Å². The fraction of sp³-hybridized carbons (Fsp3) is 0.474. The zero-order valence-corrected chi connectivity index (χ0v) is 16.5. The van der Waals surface area contributed by atoms with Crippen molar-refractivity contribution in [2.75, 3.05) is 5.32 Å². The lowest BCUT2D eigenvalue weighted by atomic mass is 10.0. The average Bonchev–Trinajstić information content (AvgIpc) is 3.30. The predicted molar refractivity (Wildman–Crippen MR) is 105 cm³/mol. The molecule has 0 radical (unpaired) electrons. The van der Waals surface area contributed by atoms with Crippen LogP contribution < -0.4 is 5.32 Å². The van der Waals surface area contributed by atoms with E-state index in [1.807, 2.05) is 0 Å². The van der Waals surface area contributed by atoms with Gasteiger partial charge in [-0.3, -0.25) is 4.79 Å². The third kappa shape index (κ3) is 4.04. The van der Waals surface area contributed by atoms with Gasteiger partial charge in [0.05, 0.1) is 22.9 Å². The van der Waals surface area contributed by atoms with Gasteiger partial charge in [-0.15, -0.1) is 0 Å². The highest BCUT2D eigenvalue weighted by atomic mass is 35.5. The predicted octanol–water partition coefficient (Wildman–Crippen LogP) is 3.86. The number of nitrogens with one attached hydrogen (secondary N) is 1. The summed E-state index contributed by atoms with van der Waals surface area (Å²) >= 11 is 5.96. The van der Waals surface area contributed by atoms with Crippen molar-refractivity contribution in [3.05, 3.63) is 40.5 Å². The van der Waals surface area contributed by atoms with E-state index in [-0.39, 0.29) is 17.4 Å². The van der Waals surface area contributed by atoms with Crippen molar-refractivity contribution in [1.82, 2.24) is 9.78 Å². The van der Waals surface area contributed by atoms with Crippen LogP contribution in [0.25, 0.3) is 5.69 Å². The summed E-state index contributed by atoms with van der Waals surface area (Å²) in [6.07, 6.45) is 6.22. The van der Waals surface area contributed by atoms with Gasteiger partial charge in [-0.2, -0.15) is 5.10 Å². The molecule has 0 atom stereocenters. The van der Waals surface area contributed by atoms with Gasteiger partial charge in [-0.1, -0.05) is 37.3 Å². The van der Waals surface area contributed by atoms with Crippen molar-refractivity contribution in [3.63, 3.8) is 0 Å². The Hall–Kier alpha value is -1.86. The van der Waals surface area contributed by atoms with Gasteiger partial charge in [0, 0.05) is 17.0 Å². The van der Waals surface area contributed by atoms with Crippen molar-refractivity contribution in [3.8, 4) is 5.69 Å². The van der Waals surface area contributed by atoms with Crippen LogP contribution >= 0.6 is 11.6 Å². The number of benzene rings is 1. The summed E-state index contributed by atoms with van der Waals surface area (Å²) in [7, 11) is -3.20. The minimum absolute atomic E-state index is 0.0891. The number of fused-ring (bicyclic) bond motifs is 1. The van der Waals surface area contributed by atoms with E-state index in [4.69, 9.17) is 11.6 Å². The molecule has 2 heterocycles. The number of rotatable bonds is 5.